The fourth-order valence-corrected chi connectivity index (χ4v) is 4.87. The highest BCUT2D eigenvalue weighted by atomic mass is 19.4. The number of hydrogen-bond acceptors (Lipinski definition) is 5. The van der Waals surface area contributed by atoms with E-state index >= 15 is 0 Å². The van der Waals surface area contributed by atoms with Crippen LogP contribution in [0.3, 0.4) is 0 Å². The molecule has 0 fully saturated rings. The van der Waals surface area contributed by atoms with Crippen LogP contribution in [0.2, 0.25) is 0 Å². The first-order valence-electron chi connectivity index (χ1n) is 11.9. The van der Waals surface area contributed by atoms with Crippen LogP contribution in [0.4, 0.5) is 23.7 Å². The fourth-order valence-electron chi connectivity index (χ4n) is 4.87. The van der Waals surface area contributed by atoms with Gasteiger partial charge in [0, 0.05) is 50.4 Å². The van der Waals surface area contributed by atoms with E-state index in [0.29, 0.717) is 24.4 Å². The monoisotopic (exact) mass is 525 g/mol. The number of benzene rings is 2. The Hall–Kier alpha value is -4.17. The number of nitriles is 1. The van der Waals surface area contributed by atoms with Gasteiger partial charge in [-0.1, -0.05) is 12.1 Å². The third-order valence-electron chi connectivity index (χ3n) is 6.81. The van der Waals surface area contributed by atoms with E-state index < -0.39 is 23.8 Å². The molecule has 2 aliphatic rings. The van der Waals surface area contributed by atoms with Gasteiger partial charge in [0.05, 0.1) is 28.9 Å². The minimum absolute atomic E-state index is 0.000234. The molecular formula is C27H26F3N5O3. The van der Waals surface area contributed by atoms with Crippen molar-refractivity contribution in [2.24, 2.45) is 0 Å². The molecule has 2 aromatic rings. The number of hydrogen-bond donors (Lipinski definition) is 1. The summed E-state index contributed by atoms with van der Waals surface area (Å²) in [4.78, 5) is 44.1. The average Bonchev–Trinajstić information content (AvgIpc) is 3.27. The Bertz CT molecular complexity index is 1380. The molecule has 3 amide bonds. The van der Waals surface area contributed by atoms with Crippen LogP contribution >= 0.6 is 0 Å². The van der Waals surface area contributed by atoms with E-state index in [1.807, 2.05) is 6.07 Å². The number of carbonyl (C=O) groups excluding carboxylic acids is 3. The zero-order valence-electron chi connectivity index (χ0n) is 21.1. The molecule has 0 spiro atoms. The van der Waals surface area contributed by atoms with Crippen molar-refractivity contribution in [3.05, 3.63) is 76.0 Å². The molecular weight excluding hydrogens is 499 g/mol. The quantitative estimate of drug-likeness (QED) is 0.613. The Balaban J connectivity index is 1.87. The molecule has 1 aliphatic heterocycles. The number of allylic oxidation sites excluding steroid dienone is 1. The number of carbonyl (C=O) groups is 3. The molecule has 8 nitrogen and oxygen atoms in total. The summed E-state index contributed by atoms with van der Waals surface area (Å²) in [5.74, 6) is -0.645. The average molecular weight is 526 g/mol. The van der Waals surface area contributed by atoms with Crippen molar-refractivity contribution < 1.29 is 27.6 Å². The van der Waals surface area contributed by atoms with Gasteiger partial charge in [-0.05, 0) is 49.4 Å². The van der Waals surface area contributed by atoms with Crippen LogP contribution < -0.4 is 10.2 Å². The number of ketones is 1. The number of amides is 3. The van der Waals surface area contributed by atoms with Gasteiger partial charge < -0.3 is 15.1 Å². The number of nitrogens with zero attached hydrogens (tertiary/aromatic N) is 4. The van der Waals surface area contributed by atoms with Crippen LogP contribution in [0.25, 0.3) is 0 Å². The summed E-state index contributed by atoms with van der Waals surface area (Å²) in [6, 6.07) is 9.34. The molecule has 0 saturated heterocycles. The summed E-state index contributed by atoms with van der Waals surface area (Å²) in [7, 11) is 4.80. The maximum atomic E-state index is 13.7. The van der Waals surface area contributed by atoms with Crippen molar-refractivity contribution in [2.45, 2.75) is 25.1 Å². The number of anilines is 1. The van der Waals surface area contributed by atoms with Crippen LogP contribution in [0.5, 0.6) is 0 Å². The molecule has 0 bridgehead atoms. The molecule has 38 heavy (non-hydrogen) atoms. The number of nitrogens with one attached hydrogen (secondary N) is 1. The van der Waals surface area contributed by atoms with Crippen molar-refractivity contribution in [3.63, 3.8) is 0 Å². The second-order valence-corrected chi connectivity index (χ2v) is 9.21. The van der Waals surface area contributed by atoms with E-state index in [2.05, 4.69) is 5.32 Å². The zero-order valence-corrected chi connectivity index (χ0v) is 21.1. The SMILES string of the molecule is CNCCN(C)C(=O)c1cc(C#N)ccc1C1C2=C(CCC2=O)N(c2cccc(C(F)(F)F)c2)C(=O)N1C. The van der Waals surface area contributed by atoms with Crippen molar-refractivity contribution >= 4 is 23.4 Å². The topological polar surface area (TPSA) is 96.7 Å². The zero-order chi connectivity index (χ0) is 27.8. The molecule has 11 heteroatoms. The molecule has 1 N–H and O–H groups in total. The van der Waals surface area contributed by atoms with Crippen LogP contribution in [0.15, 0.2) is 53.7 Å². The highest BCUT2D eigenvalue weighted by Gasteiger charge is 2.46. The molecule has 1 unspecified atom stereocenters. The normalized spacial score (nSPS) is 17.6. The molecule has 0 radical (unpaired) electrons. The number of alkyl halides is 3. The largest absolute Gasteiger partial charge is 0.416 e. The molecule has 0 saturated carbocycles. The van der Waals surface area contributed by atoms with E-state index in [4.69, 9.17) is 0 Å². The summed E-state index contributed by atoms with van der Waals surface area (Å²) in [6.07, 6.45) is -4.36. The van der Waals surface area contributed by atoms with Gasteiger partial charge in [-0.2, -0.15) is 18.4 Å². The van der Waals surface area contributed by atoms with Gasteiger partial charge in [-0.25, -0.2) is 4.79 Å². The number of urea groups is 1. The van der Waals surface area contributed by atoms with Crippen LogP contribution in [-0.4, -0.2) is 61.8 Å². The molecule has 2 aromatic carbocycles. The smallest absolute Gasteiger partial charge is 0.340 e. The Morgan fingerprint density at radius 1 is 1.18 bits per heavy atom. The first kappa shape index (κ1) is 26.9. The number of rotatable bonds is 6. The van der Waals surface area contributed by atoms with Gasteiger partial charge in [0.1, 0.15) is 0 Å². The third-order valence-corrected chi connectivity index (χ3v) is 6.81. The van der Waals surface area contributed by atoms with E-state index in [1.165, 1.54) is 41.1 Å². The van der Waals surface area contributed by atoms with Gasteiger partial charge in [-0.15, -0.1) is 0 Å². The van der Waals surface area contributed by atoms with Crippen LogP contribution in [0, 0.1) is 11.3 Å². The lowest BCUT2D eigenvalue weighted by atomic mass is 9.88. The summed E-state index contributed by atoms with van der Waals surface area (Å²) in [6.45, 7) is 0.901. The van der Waals surface area contributed by atoms with E-state index in [1.54, 1.807) is 20.2 Å². The van der Waals surface area contributed by atoms with Crippen molar-refractivity contribution in [1.29, 1.82) is 5.26 Å². The highest BCUT2D eigenvalue weighted by Crippen LogP contribution is 2.45. The van der Waals surface area contributed by atoms with Gasteiger partial charge >= 0.3 is 12.2 Å². The first-order valence-corrected chi connectivity index (χ1v) is 11.9. The third kappa shape index (κ3) is 4.75. The molecule has 4 rings (SSSR count). The van der Waals surface area contributed by atoms with Gasteiger partial charge in [0.25, 0.3) is 5.91 Å². The van der Waals surface area contributed by atoms with E-state index in [9.17, 15) is 32.8 Å². The summed E-state index contributed by atoms with van der Waals surface area (Å²) >= 11 is 0. The highest BCUT2D eigenvalue weighted by molar-refractivity contribution is 6.09. The predicted octanol–water partition coefficient (Wildman–Crippen LogP) is 4.10. The van der Waals surface area contributed by atoms with Gasteiger partial charge in [0.2, 0.25) is 0 Å². The number of halogens is 3. The summed E-state index contributed by atoms with van der Waals surface area (Å²) in [5.41, 5.74) is 0.430. The van der Waals surface area contributed by atoms with Crippen LogP contribution in [-0.2, 0) is 11.0 Å². The lowest BCUT2D eigenvalue weighted by Crippen LogP contribution is -2.48. The molecule has 1 heterocycles. The Morgan fingerprint density at radius 3 is 2.58 bits per heavy atom. The lowest BCUT2D eigenvalue weighted by Gasteiger charge is -2.41. The molecule has 1 atom stereocenters. The second kappa shape index (κ2) is 10.3. The summed E-state index contributed by atoms with van der Waals surface area (Å²) in [5, 5.41) is 12.4. The maximum Gasteiger partial charge on any atom is 0.416 e. The van der Waals surface area contributed by atoms with Crippen molar-refractivity contribution in [1.82, 2.24) is 15.1 Å². The Kier molecular flexibility index (Phi) is 7.29. The minimum Gasteiger partial charge on any atom is -0.340 e. The predicted molar refractivity (Wildman–Crippen MR) is 133 cm³/mol. The van der Waals surface area contributed by atoms with Gasteiger partial charge in [0.15, 0.2) is 5.78 Å². The lowest BCUT2D eigenvalue weighted by molar-refractivity contribution is -0.137. The van der Waals surface area contributed by atoms with Gasteiger partial charge in [-0.3, -0.25) is 14.5 Å². The molecule has 0 aromatic heterocycles. The molecule has 1 aliphatic carbocycles. The number of Topliss-reactive ketones (excluding diaryl/α,β-unsaturated/α-hetero) is 1. The number of likely N-dealkylation sites (N-methyl/N-ethyl adjacent to an activating group) is 3. The molecule has 198 valence electrons. The standard InChI is InChI=1S/C27H26F3N5O3/c1-32-11-12-33(2)25(37)20-13-16(15-31)7-8-19(20)24-23-21(9-10-22(23)36)35(26(38)34(24)3)18-6-4-5-17(14-18)27(28,29)30/h4-8,13-14,24,32H,9-12H2,1-3H3. The van der Waals surface area contributed by atoms with Crippen molar-refractivity contribution in [3.8, 4) is 6.07 Å². The first-order chi connectivity index (χ1) is 18.0. The summed E-state index contributed by atoms with van der Waals surface area (Å²) < 4.78 is 40.2. The maximum absolute atomic E-state index is 13.7. The van der Waals surface area contributed by atoms with E-state index in [0.717, 1.165) is 17.0 Å². The Morgan fingerprint density at radius 2 is 1.92 bits per heavy atom. The van der Waals surface area contributed by atoms with Crippen molar-refractivity contribution in [2.75, 3.05) is 39.1 Å². The second-order valence-electron chi connectivity index (χ2n) is 9.21. The fraction of sp³-hybridized carbons (Fsp3) is 0.333. The van der Waals surface area contributed by atoms with E-state index in [-0.39, 0.29) is 46.9 Å². The minimum atomic E-state index is -4.61. The Labute approximate surface area is 217 Å². The van der Waals surface area contributed by atoms with Crippen LogP contribution in [0.1, 0.15) is 45.9 Å².